The van der Waals surface area contributed by atoms with Crippen LogP contribution in [0.25, 0.3) is 10.9 Å². The minimum Gasteiger partial charge on any atom is -0.497 e. The monoisotopic (exact) mass is 405 g/mol. The van der Waals surface area contributed by atoms with Crippen molar-refractivity contribution in [3.63, 3.8) is 0 Å². The van der Waals surface area contributed by atoms with Crippen molar-refractivity contribution in [2.45, 2.75) is 45.6 Å². The summed E-state index contributed by atoms with van der Waals surface area (Å²) in [6.07, 6.45) is -0.314. The third-order valence-corrected chi connectivity index (χ3v) is 4.22. The molecule has 1 aromatic carbocycles. The van der Waals surface area contributed by atoms with Crippen molar-refractivity contribution in [2.24, 2.45) is 0 Å². The van der Waals surface area contributed by atoms with E-state index in [1.807, 2.05) is 6.07 Å². The largest absolute Gasteiger partial charge is 0.497 e. The molecule has 1 heterocycles. The molecular weight excluding hydrogens is 374 g/mol. The van der Waals surface area contributed by atoms with Crippen LogP contribution in [0.15, 0.2) is 31.4 Å². The maximum Gasteiger partial charge on any atom is 0.419 e. The first kappa shape index (κ1) is 24.2. The number of aromatic nitrogens is 1. The fraction of sp³-hybridized carbons (Fsp3) is 0.455. The highest BCUT2D eigenvalue weighted by Gasteiger charge is 2.31. The van der Waals surface area contributed by atoms with E-state index in [0.29, 0.717) is 22.5 Å². The molecule has 2 rings (SSSR count). The number of nitrogens with zero attached hydrogens (tertiary/aromatic N) is 1. The maximum atomic E-state index is 13.0. The summed E-state index contributed by atoms with van der Waals surface area (Å²) in [6.45, 7) is 12.9. The number of hydrogen-bond donors (Lipinski definition) is 1. The fourth-order valence-electron chi connectivity index (χ4n) is 3.10. The summed E-state index contributed by atoms with van der Waals surface area (Å²) in [7, 11) is 2.84. The molecule has 0 saturated heterocycles. The Balaban J connectivity index is 0.00000204. The molecule has 1 N–H and O–H groups in total. The van der Waals surface area contributed by atoms with Crippen molar-refractivity contribution < 1.29 is 28.9 Å². The fourth-order valence-corrected chi connectivity index (χ4v) is 3.10. The average Bonchev–Trinajstić information content (AvgIpc) is 3.00. The number of benzene rings is 1. The van der Waals surface area contributed by atoms with E-state index in [4.69, 9.17) is 14.2 Å². The normalized spacial score (nSPS) is 12.0. The molecule has 0 spiro atoms. The predicted octanol–water partition coefficient (Wildman–Crippen LogP) is 4.05. The molecule has 0 amide bonds. The molecule has 0 radical (unpaired) electrons. The Morgan fingerprint density at radius 1 is 1.21 bits per heavy atom. The second kappa shape index (κ2) is 10.1. The summed E-state index contributed by atoms with van der Waals surface area (Å²) in [6, 6.07) is 5.30. The first-order chi connectivity index (χ1) is 13.6. The molecular formula is C22H31NO6. The highest BCUT2D eigenvalue weighted by Crippen LogP contribution is 2.35. The van der Waals surface area contributed by atoms with Crippen molar-refractivity contribution in [1.29, 1.82) is 0 Å². The molecule has 7 heteroatoms. The molecule has 7 nitrogen and oxygen atoms in total. The SMILES string of the molecule is C=C.COC(=O)C(C)c1c(CCO)c2ccc(OC)cc2n1C(=O)OC(C)(C)C. The zero-order chi connectivity index (χ0) is 22.4. The van der Waals surface area contributed by atoms with Gasteiger partial charge in [-0.3, -0.25) is 4.79 Å². The highest BCUT2D eigenvalue weighted by atomic mass is 16.6. The summed E-state index contributed by atoms with van der Waals surface area (Å²) in [4.78, 5) is 25.3. The Hall–Kier alpha value is -2.80. The third kappa shape index (κ3) is 5.38. The van der Waals surface area contributed by atoms with Gasteiger partial charge in [0.1, 0.15) is 11.4 Å². The number of carbonyl (C=O) groups is 2. The molecule has 1 aromatic heterocycles. The topological polar surface area (TPSA) is 87.0 Å². The van der Waals surface area contributed by atoms with E-state index in [9.17, 15) is 14.7 Å². The van der Waals surface area contributed by atoms with E-state index >= 15 is 0 Å². The van der Waals surface area contributed by atoms with Gasteiger partial charge in [0.15, 0.2) is 0 Å². The first-order valence-electron chi connectivity index (χ1n) is 9.27. The molecule has 29 heavy (non-hydrogen) atoms. The summed E-state index contributed by atoms with van der Waals surface area (Å²) in [5, 5.41) is 10.3. The number of rotatable bonds is 5. The van der Waals surface area contributed by atoms with Crippen molar-refractivity contribution in [3.05, 3.63) is 42.6 Å². The Morgan fingerprint density at radius 2 is 1.83 bits per heavy atom. The summed E-state index contributed by atoms with van der Waals surface area (Å²) in [5.74, 6) is -0.631. The number of aliphatic hydroxyl groups excluding tert-OH is 1. The lowest BCUT2D eigenvalue weighted by Crippen LogP contribution is -2.29. The van der Waals surface area contributed by atoms with Crippen LogP contribution < -0.4 is 4.74 Å². The molecule has 160 valence electrons. The third-order valence-electron chi connectivity index (χ3n) is 4.22. The number of carbonyl (C=O) groups excluding carboxylic acids is 2. The summed E-state index contributed by atoms with van der Waals surface area (Å²) in [5.41, 5.74) is 1.00. The van der Waals surface area contributed by atoms with E-state index in [2.05, 4.69) is 13.2 Å². The number of fused-ring (bicyclic) bond motifs is 1. The second-order valence-electron chi connectivity index (χ2n) is 7.28. The van der Waals surface area contributed by atoms with E-state index in [0.717, 1.165) is 5.39 Å². The van der Waals surface area contributed by atoms with E-state index in [1.54, 1.807) is 39.8 Å². The number of methoxy groups -OCH3 is 2. The van der Waals surface area contributed by atoms with Crippen LogP contribution in [0, 0.1) is 0 Å². The van der Waals surface area contributed by atoms with Gasteiger partial charge in [-0.1, -0.05) is 0 Å². The van der Waals surface area contributed by atoms with Crippen LogP contribution in [0.2, 0.25) is 0 Å². The van der Waals surface area contributed by atoms with Crippen LogP contribution >= 0.6 is 0 Å². The standard InChI is InChI=1S/C20H27NO6.C2H4/c1-12(18(23)26-6)17-15(9-10-22)14-8-7-13(25-5)11-16(14)21(17)19(24)27-20(2,3)4;1-2/h7-8,11-12,22H,9-10H2,1-6H3;1-2H2. The van der Waals surface area contributed by atoms with Gasteiger partial charge in [0.2, 0.25) is 0 Å². The van der Waals surface area contributed by atoms with Gasteiger partial charge in [-0.15, -0.1) is 13.2 Å². The number of ether oxygens (including phenoxy) is 3. The van der Waals surface area contributed by atoms with Crippen molar-refractivity contribution in [2.75, 3.05) is 20.8 Å². The predicted molar refractivity (Wildman–Crippen MR) is 113 cm³/mol. The molecule has 1 atom stereocenters. The van der Waals surface area contributed by atoms with Gasteiger partial charge >= 0.3 is 12.1 Å². The quantitative estimate of drug-likeness (QED) is 0.597. The van der Waals surface area contributed by atoms with Crippen LogP contribution in [0.3, 0.4) is 0 Å². The van der Waals surface area contributed by atoms with Gasteiger partial charge in [-0.2, -0.15) is 0 Å². The van der Waals surface area contributed by atoms with E-state index < -0.39 is 23.6 Å². The van der Waals surface area contributed by atoms with Crippen LogP contribution in [-0.4, -0.2) is 48.2 Å². The second-order valence-corrected chi connectivity index (χ2v) is 7.28. The van der Waals surface area contributed by atoms with Gasteiger partial charge in [-0.05, 0) is 51.8 Å². The van der Waals surface area contributed by atoms with Gasteiger partial charge in [-0.25, -0.2) is 9.36 Å². The molecule has 0 aliphatic heterocycles. The van der Waals surface area contributed by atoms with Gasteiger partial charge in [0.25, 0.3) is 0 Å². The lowest BCUT2D eigenvalue weighted by molar-refractivity contribution is -0.142. The molecule has 0 fully saturated rings. The van der Waals surface area contributed by atoms with E-state index in [1.165, 1.54) is 18.8 Å². The van der Waals surface area contributed by atoms with Crippen molar-refractivity contribution in [3.8, 4) is 5.75 Å². The van der Waals surface area contributed by atoms with Gasteiger partial charge < -0.3 is 19.3 Å². The summed E-state index contributed by atoms with van der Waals surface area (Å²) < 4.78 is 17.1. The van der Waals surface area contributed by atoms with Crippen LogP contribution in [0.1, 0.15) is 44.9 Å². The van der Waals surface area contributed by atoms with Crippen LogP contribution in [-0.2, 0) is 20.7 Å². The lowest BCUT2D eigenvalue weighted by Gasteiger charge is -2.22. The highest BCUT2D eigenvalue weighted by molar-refractivity contribution is 5.96. The van der Waals surface area contributed by atoms with Gasteiger partial charge in [0.05, 0.1) is 25.7 Å². The number of aliphatic hydroxyl groups is 1. The minimum atomic E-state index is -0.720. The maximum absolute atomic E-state index is 13.0. The van der Waals surface area contributed by atoms with E-state index in [-0.39, 0.29) is 13.0 Å². The van der Waals surface area contributed by atoms with Crippen molar-refractivity contribution in [1.82, 2.24) is 4.57 Å². The van der Waals surface area contributed by atoms with Crippen molar-refractivity contribution >= 4 is 23.0 Å². The zero-order valence-corrected chi connectivity index (χ0v) is 18.1. The Labute approximate surface area is 171 Å². The van der Waals surface area contributed by atoms with Crippen LogP contribution in [0.4, 0.5) is 4.79 Å². The minimum absolute atomic E-state index is 0.125. The average molecular weight is 405 g/mol. The molecule has 1 unspecified atom stereocenters. The molecule has 0 aliphatic rings. The molecule has 2 aromatic rings. The number of hydrogen-bond acceptors (Lipinski definition) is 6. The zero-order valence-electron chi connectivity index (χ0n) is 18.1. The first-order valence-corrected chi connectivity index (χ1v) is 9.27. The molecule has 0 aliphatic carbocycles. The summed E-state index contributed by atoms with van der Waals surface area (Å²) >= 11 is 0. The van der Waals surface area contributed by atoms with Gasteiger partial charge in [0, 0.05) is 23.8 Å². The Morgan fingerprint density at radius 3 is 2.31 bits per heavy atom. The number of esters is 1. The smallest absolute Gasteiger partial charge is 0.419 e. The van der Waals surface area contributed by atoms with Crippen LogP contribution in [0.5, 0.6) is 5.75 Å². The molecule has 0 bridgehead atoms. The molecule has 0 saturated carbocycles. The lowest BCUT2D eigenvalue weighted by atomic mass is 9.99. The Bertz CT molecular complexity index is 862. The Kier molecular flexibility index (Phi) is 8.45.